The summed E-state index contributed by atoms with van der Waals surface area (Å²) >= 11 is 1.08. The van der Waals surface area contributed by atoms with Gasteiger partial charge >= 0.3 is 6.18 Å². The third-order valence-electron chi connectivity index (χ3n) is 3.86. The summed E-state index contributed by atoms with van der Waals surface area (Å²) in [4.78, 5) is 3.99. The number of nitrogens with zero attached hydrogens (tertiary/aromatic N) is 8. The van der Waals surface area contributed by atoms with Gasteiger partial charge in [0.2, 0.25) is 0 Å². The molecule has 0 aromatic carbocycles. The van der Waals surface area contributed by atoms with E-state index >= 15 is 0 Å². The van der Waals surface area contributed by atoms with E-state index in [-0.39, 0.29) is 10.7 Å². The lowest BCUT2D eigenvalue weighted by molar-refractivity contribution is -0.146. The molecule has 9 nitrogen and oxygen atoms in total. The van der Waals surface area contributed by atoms with Crippen molar-refractivity contribution in [2.75, 3.05) is 13.7 Å². The van der Waals surface area contributed by atoms with Crippen LogP contribution in [0, 0.1) is 0 Å². The second-order valence-electron chi connectivity index (χ2n) is 5.75. The number of ether oxygens (including phenoxy) is 1. The fourth-order valence-electron chi connectivity index (χ4n) is 2.56. The Labute approximate surface area is 165 Å². The largest absolute Gasteiger partial charge is 0.453 e. The Morgan fingerprint density at radius 1 is 1.03 bits per heavy atom. The summed E-state index contributed by atoms with van der Waals surface area (Å²) in [5.41, 5.74) is 0.803. The molecule has 0 bridgehead atoms. The Morgan fingerprint density at radius 2 is 1.83 bits per heavy atom. The molecule has 0 fully saturated rings. The predicted octanol–water partition coefficient (Wildman–Crippen LogP) is 2.59. The quantitative estimate of drug-likeness (QED) is 0.468. The summed E-state index contributed by atoms with van der Waals surface area (Å²) in [7, 11) is 1.57. The number of rotatable bonds is 6. The average Bonchev–Trinajstić information content (AvgIpc) is 3.30. The summed E-state index contributed by atoms with van der Waals surface area (Å²) in [5.74, 6) is -0.596. The lowest BCUT2D eigenvalue weighted by atomic mass is 10.2. The Hall–Kier alpha value is -3.06. The molecule has 0 saturated carbocycles. The van der Waals surface area contributed by atoms with Crippen molar-refractivity contribution in [3.63, 3.8) is 0 Å². The van der Waals surface area contributed by atoms with E-state index in [1.54, 1.807) is 37.7 Å². The van der Waals surface area contributed by atoms with Gasteiger partial charge in [-0.15, -0.1) is 20.4 Å². The van der Waals surface area contributed by atoms with Crippen LogP contribution in [0.1, 0.15) is 5.82 Å². The maximum Gasteiger partial charge on any atom is 0.453 e. The molecule has 4 aromatic rings. The standard InChI is InChI=1S/C16H13F3N8OS/c1-28-9-8-26-13(10-4-6-20-7-5-10)22-24-15(26)29-12-3-2-11-21-23-14(16(17,18)19)27(11)25-12/h2-7H,8-9H2,1H3. The minimum absolute atomic E-state index is 0.000000548. The number of halogens is 3. The number of methoxy groups -OCH3 is 1. The number of alkyl halides is 3. The molecule has 0 spiro atoms. The van der Waals surface area contributed by atoms with Crippen LogP contribution in [-0.4, -0.2) is 53.3 Å². The molecule has 150 valence electrons. The first kappa shape index (κ1) is 19.3. The lowest BCUT2D eigenvalue weighted by Crippen LogP contribution is -2.12. The van der Waals surface area contributed by atoms with Crippen LogP contribution < -0.4 is 0 Å². The van der Waals surface area contributed by atoms with E-state index in [2.05, 4.69) is 30.5 Å². The molecular weight excluding hydrogens is 409 g/mol. The molecule has 0 radical (unpaired) electrons. The molecule has 0 aliphatic rings. The third kappa shape index (κ3) is 3.91. The topological polar surface area (TPSA) is 95.9 Å². The van der Waals surface area contributed by atoms with Gasteiger partial charge in [-0.05, 0) is 36.0 Å². The summed E-state index contributed by atoms with van der Waals surface area (Å²) < 4.78 is 46.9. The Morgan fingerprint density at radius 3 is 2.55 bits per heavy atom. The average molecular weight is 422 g/mol. The van der Waals surface area contributed by atoms with Crippen molar-refractivity contribution in [2.45, 2.75) is 22.9 Å². The van der Waals surface area contributed by atoms with Gasteiger partial charge in [0, 0.05) is 25.1 Å². The van der Waals surface area contributed by atoms with Crippen LogP contribution in [0.5, 0.6) is 0 Å². The zero-order valence-electron chi connectivity index (χ0n) is 14.9. The number of aromatic nitrogens is 8. The number of hydrogen-bond acceptors (Lipinski definition) is 8. The Kier molecular flexibility index (Phi) is 5.15. The van der Waals surface area contributed by atoms with Gasteiger partial charge in [0.25, 0.3) is 5.82 Å². The van der Waals surface area contributed by atoms with Gasteiger partial charge in [-0.2, -0.15) is 22.8 Å². The van der Waals surface area contributed by atoms with Gasteiger partial charge in [0.15, 0.2) is 16.6 Å². The first-order valence-corrected chi connectivity index (χ1v) is 9.09. The molecule has 4 aromatic heterocycles. The molecule has 0 unspecified atom stereocenters. The maximum atomic E-state index is 13.1. The van der Waals surface area contributed by atoms with Crippen molar-refractivity contribution in [3.05, 3.63) is 42.5 Å². The normalized spacial score (nSPS) is 12.0. The smallest absolute Gasteiger partial charge is 0.383 e. The van der Waals surface area contributed by atoms with Crippen molar-refractivity contribution >= 4 is 17.4 Å². The van der Waals surface area contributed by atoms with Crippen molar-refractivity contribution in [1.82, 2.24) is 39.6 Å². The van der Waals surface area contributed by atoms with Crippen LogP contribution >= 0.6 is 11.8 Å². The maximum absolute atomic E-state index is 13.1. The van der Waals surface area contributed by atoms with E-state index < -0.39 is 12.0 Å². The minimum atomic E-state index is -4.66. The van der Waals surface area contributed by atoms with Crippen LogP contribution in [0.3, 0.4) is 0 Å². The molecule has 4 rings (SSSR count). The first-order valence-electron chi connectivity index (χ1n) is 8.27. The van der Waals surface area contributed by atoms with Gasteiger partial charge in [0.05, 0.1) is 13.2 Å². The number of pyridine rings is 1. The van der Waals surface area contributed by atoms with Crippen LogP contribution in [0.15, 0.2) is 46.8 Å². The van der Waals surface area contributed by atoms with E-state index in [1.807, 2.05) is 4.57 Å². The van der Waals surface area contributed by atoms with Gasteiger partial charge < -0.3 is 4.74 Å². The monoisotopic (exact) mass is 422 g/mol. The van der Waals surface area contributed by atoms with E-state index in [9.17, 15) is 13.2 Å². The summed E-state index contributed by atoms with van der Waals surface area (Å²) in [6, 6.07) is 6.55. The zero-order valence-corrected chi connectivity index (χ0v) is 15.7. The van der Waals surface area contributed by atoms with Gasteiger partial charge in [-0.1, -0.05) is 0 Å². The minimum Gasteiger partial charge on any atom is -0.383 e. The van der Waals surface area contributed by atoms with Crippen molar-refractivity contribution in [2.24, 2.45) is 0 Å². The molecule has 0 amide bonds. The van der Waals surface area contributed by atoms with Gasteiger partial charge in [-0.3, -0.25) is 9.55 Å². The summed E-state index contributed by atoms with van der Waals surface area (Å²) in [6.45, 7) is 0.853. The molecular formula is C16H13F3N8OS. The van der Waals surface area contributed by atoms with Gasteiger partial charge in [-0.25, -0.2) is 0 Å². The highest BCUT2D eigenvalue weighted by Gasteiger charge is 2.37. The first-order chi connectivity index (χ1) is 14.0. The highest BCUT2D eigenvalue weighted by Crippen LogP contribution is 2.30. The number of hydrogen-bond donors (Lipinski definition) is 0. The zero-order chi connectivity index (χ0) is 20.4. The Balaban J connectivity index is 1.71. The predicted molar refractivity (Wildman–Crippen MR) is 95.0 cm³/mol. The lowest BCUT2D eigenvalue weighted by Gasteiger charge is -2.09. The molecule has 29 heavy (non-hydrogen) atoms. The van der Waals surface area contributed by atoms with E-state index in [0.29, 0.717) is 28.6 Å². The SMILES string of the molecule is COCCn1c(Sc2ccc3nnc(C(F)(F)F)n3n2)nnc1-c1ccncc1. The van der Waals surface area contributed by atoms with Gasteiger partial charge in [0.1, 0.15) is 5.03 Å². The van der Waals surface area contributed by atoms with Crippen molar-refractivity contribution in [1.29, 1.82) is 0 Å². The molecule has 0 N–H and O–H groups in total. The van der Waals surface area contributed by atoms with Crippen LogP contribution in [0.2, 0.25) is 0 Å². The molecule has 0 atom stereocenters. The second-order valence-corrected chi connectivity index (χ2v) is 6.74. The van der Waals surface area contributed by atoms with Crippen LogP contribution in [-0.2, 0) is 17.5 Å². The molecule has 13 heteroatoms. The van der Waals surface area contributed by atoms with Crippen LogP contribution in [0.4, 0.5) is 13.2 Å². The molecule has 0 saturated heterocycles. The highest BCUT2D eigenvalue weighted by atomic mass is 32.2. The van der Waals surface area contributed by atoms with Crippen molar-refractivity contribution < 1.29 is 17.9 Å². The van der Waals surface area contributed by atoms with Crippen LogP contribution in [0.25, 0.3) is 17.0 Å². The Bertz CT molecular complexity index is 1130. The second kappa shape index (κ2) is 7.75. The fraction of sp³-hybridized carbons (Fsp3) is 0.250. The number of fused-ring (bicyclic) bond motifs is 1. The van der Waals surface area contributed by atoms with E-state index in [1.165, 1.54) is 6.07 Å². The van der Waals surface area contributed by atoms with E-state index in [4.69, 9.17) is 4.74 Å². The summed E-state index contributed by atoms with van der Waals surface area (Å²) in [5, 5.41) is 19.8. The molecule has 4 heterocycles. The highest BCUT2D eigenvalue weighted by molar-refractivity contribution is 7.99. The molecule has 0 aliphatic heterocycles. The van der Waals surface area contributed by atoms with Crippen molar-refractivity contribution in [3.8, 4) is 11.4 Å². The summed E-state index contributed by atoms with van der Waals surface area (Å²) in [6.07, 6.45) is -1.39. The van der Waals surface area contributed by atoms with E-state index in [0.717, 1.165) is 17.3 Å². The fourth-order valence-corrected chi connectivity index (χ4v) is 3.37. The molecule has 0 aliphatic carbocycles. The third-order valence-corrected chi connectivity index (χ3v) is 4.77.